The lowest BCUT2D eigenvalue weighted by molar-refractivity contribution is -0.117. The molecule has 0 radical (unpaired) electrons. The number of hydrogen-bond acceptors (Lipinski definition) is 2. The van der Waals surface area contributed by atoms with E-state index in [1.54, 1.807) is 0 Å². The van der Waals surface area contributed by atoms with E-state index in [1.807, 2.05) is 18.2 Å². The molecule has 3 nitrogen and oxygen atoms in total. The van der Waals surface area contributed by atoms with E-state index in [-0.39, 0.29) is 11.8 Å². The summed E-state index contributed by atoms with van der Waals surface area (Å²) >= 11 is 0. The molecule has 1 aromatic carbocycles. The van der Waals surface area contributed by atoms with Gasteiger partial charge in [0.25, 0.3) is 0 Å². The molecule has 1 saturated carbocycles. The average molecular weight is 246 g/mol. The van der Waals surface area contributed by atoms with Crippen LogP contribution in [0.1, 0.15) is 32.8 Å². The number of rotatable bonds is 5. The summed E-state index contributed by atoms with van der Waals surface area (Å²) in [6.45, 7) is 7.20. The van der Waals surface area contributed by atoms with Gasteiger partial charge in [-0.05, 0) is 30.0 Å². The molecule has 1 aromatic rings. The van der Waals surface area contributed by atoms with E-state index in [0.717, 1.165) is 18.7 Å². The van der Waals surface area contributed by atoms with Gasteiger partial charge in [-0.2, -0.15) is 0 Å². The van der Waals surface area contributed by atoms with Crippen LogP contribution in [0, 0.1) is 11.8 Å². The van der Waals surface area contributed by atoms with Crippen LogP contribution in [0.2, 0.25) is 0 Å². The maximum absolute atomic E-state index is 11.8. The molecule has 1 fully saturated rings. The van der Waals surface area contributed by atoms with Crippen LogP contribution in [0.25, 0.3) is 0 Å². The van der Waals surface area contributed by atoms with Crippen LogP contribution in [-0.2, 0) is 11.3 Å². The molecule has 2 rings (SSSR count). The molecule has 2 N–H and O–H groups in total. The summed E-state index contributed by atoms with van der Waals surface area (Å²) in [7, 11) is 0. The Labute approximate surface area is 109 Å². The normalized spacial score (nSPS) is 22.0. The minimum Gasteiger partial charge on any atom is -0.326 e. The topological polar surface area (TPSA) is 41.1 Å². The number of benzene rings is 1. The van der Waals surface area contributed by atoms with Gasteiger partial charge in [-0.15, -0.1) is 0 Å². The van der Waals surface area contributed by atoms with Gasteiger partial charge < -0.3 is 10.6 Å². The van der Waals surface area contributed by atoms with Crippen LogP contribution >= 0.6 is 0 Å². The fourth-order valence-corrected chi connectivity index (χ4v) is 2.00. The smallest absolute Gasteiger partial charge is 0.227 e. The summed E-state index contributed by atoms with van der Waals surface area (Å²) in [6, 6.07) is 8.52. The fraction of sp³-hybridized carbons (Fsp3) is 0.533. The monoisotopic (exact) mass is 246 g/mol. The van der Waals surface area contributed by atoms with Crippen molar-refractivity contribution in [2.45, 2.75) is 39.8 Å². The van der Waals surface area contributed by atoms with Crippen LogP contribution in [0.5, 0.6) is 0 Å². The van der Waals surface area contributed by atoms with Gasteiger partial charge in [0.1, 0.15) is 0 Å². The highest BCUT2D eigenvalue weighted by molar-refractivity contribution is 5.94. The van der Waals surface area contributed by atoms with E-state index in [1.165, 1.54) is 5.56 Å². The van der Waals surface area contributed by atoms with Crippen molar-refractivity contribution in [3.63, 3.8) is 0 Å². The number of anilines is 1. The van der Waals surface area contributed by atoms with Crippen molar-refractivity contribution in [3.8, 4) is 0 Å². The number of hydrogen-bond donors (Lipinski definition) is 2. The summed E-state index contributed by atoms with van der Waals surface area (Å²) in [6.07, 6.45) is 1.03. The molecule has 0 saturated heterocycles. The summed E-state index contributed by atoms with van der Waals surface area (Å²) in [5, 5.41) is 6.37. The molecule has 1 aliphatic rings. The predicted octanol–water partition coefficient (Wildman–Crippen LogP) is 2.78. The second-order valence-electron chi connectivity index (χ2n) is 5.54. The van der Waals surface area contributed by atoms with Crippen LogP contribution in [0.3, 0.4) is 0 Å². The van der Waals surface area contributed by atoms with Gasteiger partial charge in [-0.25, -0.2) is 0 Å². The molecular weight excluding hydrogens is 224 g/mol. The van der Waals surface area contributed by atoms with Crippen molar-refractivity contribution in [2.75, 3.05) is 5.32 Å². The third kappa shape index (κ3) is 3.57. The summed E-state index contributed by atoms with van der Waals surface area (Å²) in [5.41, 5.74) is 2.10. The highest BCUT2D eigenvalue weighted by atomic mass is 16.2. The Balaban J connectivity index is 1.92. The van der Waals surface area contributed by atoms with Gasteiger partial charge in [-0.3, -0.25) is 4.79 Å². The van der Waals surface area contributed by atoms with Crippen molar-refractivity contribution in [1.29, 1.82) is 0 Å². The molecule has 98 valence electrons. The van der Waals surface area contributed by atoms with E-state index >= 15 is 0 Å². The number of amides is 1. The Morgan fingerprint density at radius 3 is 2.78 bits per heavy atom. The molecule has 0 aliphatic heterocycles. The van der Waals surface area contributed by atoms with E-state index in [9.17, 15) is 4.79 Å². The maximum atomic E-state index is 11.8. The first-order valence-electron chi connectivity index (χ1n) is 6.69. The van der Waals surface area contributed by atoms with Crippen molar-refractivity contribution >= 4 is 11.6 Å². The molecular formula is C15H22N2O. The molecule has 0 heterocycles. The standard InChI is InChI=1S/C15H22N2O/c1-10(2)16-9-12-5-4-6-13(8-12)17-15(18)14-7-11(14)3/h4-6,8,10-11,14,16H,7,9H2,1-3H3,(H,17,18). The Kier molecular flexibility index (Phi) is 4.02. The highest BCUT2D eigenvalue weighted by Crippen LogP contribution is 2.38. The maximum Gasteiger partial charge on any atom is 0.227 e. The average Bonchev–Trinajstić information content (AvgIpc) is 3.04. The first-order chi connectivity index (χ1) is 8.56. The fourth-order valence-electron chi connectivity index (χ4n) is 2.00. The number of carbonyl (C=O) groups is 1. The van der Waals surface area contributed by atoms with Crippen molar-refractivity contribution in [3.05, 3.63) is 29.8 Å². The number of carbonyl (C=O) groups excluding carboxylic acids is 1. The van der Waals surface area contributed by atoms with Gasteiger partial charge in [0.05, 0.1) is 0 Å². The lowest BCUT2D eigenvalue weighted by Crippen LogP contribution is -2.22. The molecule has 0 spiro atoms. The molecule has 2 unspecified atom stereocenters. The molecule has 18 heavy (non-hydrogen) atoms. The van der Waals surface area contributed by atoms with Crippen molar-refractivity contribution in [1.82, 2.24) is 5.32 Å². The zero-order chi connectivity index (χ0) is 13.1. The predicted molar refractivity (Wildman–Crippen MR) is 74.3 cm³/mol. The van der Waals surface area contributed by atoms with E-state index in [4.69, 9.17) is 0 Å². The zero-order valence-corrected chi connectivity index (χ0v) is 11.4. The molecule has 3 heteroatoms. The zero-order valence-electron chi connectivity index (χ0n) is 11.4. The van der Waals surface area contributed by atoms with Crippen LogP contribution in [0.15, 0.2) is 24.3 Å². The minimum atomic E-state index is 0.163. The van der Waals surface area contributed by atoms with Crippen molar-refractivity contribution < 1.29 is 4.79 Å². The third-order valence-corrected chi connectivity index (χ3v) is 3.36. The lowest BCUT2D eigenvalue weighted by Gasteiger charge is -2.10. The third-order valence-electron chi connectivity index (χ3n) is 3.36. The first-order valence-corrected chi connectivity index (χ1v) is 6.69. The Morgan fingerprint density at radius 2 is 2.17 bits per heavy atom. The van der Waals surface area contributed by atoms with Crippen molar-refractivity contribution in [2.24, 2.45) is 11.8 Å². The van der Waals surface area contributed by atoms with Crippen LogP contribution in [0.4, 0.5) is 5.69 Å². The summed E-state index contributed by atoms with van der Waals surface area (Å²) in [4.78, 5) is 11.8. The van der Waals surface area contributed by atoms with Crippen LogP contribution < -0.4 is 10.6 Å². The molecule has 1 amide bonds. The first kappa shape index (κ1) is 13.1. The Hall–Kier alpha value is -1.35. The minimum absolute atomic E-state index is 0.163. The number of nitrogens with one attached hydrogen (secondary N) is 2. The second-order valence-corrected chi connectivity index (χ2v) is 5.54. The van der Waals surface area contributed by atoms with Gasteiger partial charge in [0, 0.05) is 24.2 Å². The highest BCUT2D eigenvalue weighted by Gasteiger charge is 2.38. The summed E-state index contributed by atoms with van der Waals surface area (Å²) in [5.74, 6) is 0.940. The molecule has 0 aromatic heterocycles. The van der Waals surface area contributed by atoms with E-state index in [2.05, 4.69) is 37.5 Å². The summed E-state index contributed by atoms with van der Waals surface area (Å²) < 4.78 is 0. The molecule has 0 bridgehead atoms. The van der Waals surface area contributed by atoms with Crippen LogP contribution in [-0.4, -0.2) is 11.9 Å². The van der Waals surface area contributed by atoms with Gasteiger partial charge in [0.2, 0.25) is 5.91 Å². The largest absolute Gasteiger partial charge is 0.326 e. The Bertz CT molecular complexity index is 428. The quantitative estimate of drug-likeness (QED) is 0.838. The van der Waals surface area contributed by atoms with E-state index < -0.39 is 0 Å². The SMILES string of the molecule is CC(C)NCc1cccc(NC(=O)C2CC2C)c1. The van der Waals surface area contributed by atoms with Gasteiger partial charge in [0.15, 0.2) is 0 Å². The lowest BCUT2D eigenvalue weighted by atomic mass is 10.2. The second kappa shape index (κ2) is 5.53. The molecule has 2 atom stereocenters. The Morgan fingerprint density at radius 1 is 1.44 bits per heavy atom. The van der Waals surface area contributed by atoms with Gasteiger partial charge in [-0.1, -0.05) is 32.9 Å². The molecule has 1 aliphatic carbocycles. The van der Waals surface area contributed by atoms with Gasteiger partial charge >= 0.3 is 0 Å². The van der Waals surface area contributed by atoms with E-state index in [0.29, 0.717) is 12.0 Å².